The molecule has 0 aliphatic carbocycles. The average Bonchev–Trinajstić information content (AvgIpc) is 2.43. The number of hydrogen-bond acceptors (Lipinski definition) is 2. The van der Waals surface area contributed by atoms with Crippen molar-refractivity contribution in [2.24, 2.45) is 0 Å². The minimum atomic E-state index is -0.733. The standard InChI is InChI=1S/C10H8ClNO2/c1-12-8-4-2-3-7(11)9(8)6(5-13)10(12)14/h2-6H,1H3. The van der Waals surface area contributed by atoms with Crippen LogP contribution < -0.4 is 4.90 Å². The predicted octanol–water partition coefficient (Wildman–Crippen LogP) is 1.60. The van der Waals surface area contributed by atoms with Crippen LogP contribution >= 0.6 is 11.6 Å². The zero-order valence-corrected chi connectivity index (χ0v) is 8.28. The smallest absolute Gasteiger partial charge is 0.241 e. The molecule has 1 unspecified atom stereocenters. The first-order valence-corrected chi connectivity index (χ1v) is 4.56. The maximum Gasteiger partial charge on any atom is 0.241 e. The lowest BCUT2D eigenvalue weighted by atomic mass is 10.0. The van der Waals surface area contributed by atoms with Crippen molar-refractivity contribution in [1.29, 1.82) is 0 Å². The number of carbonyl (C=O) groups is 2. The molecule has 1 heterocycles. The highest BCUT2D eigenvalue weighted by molar-refractivity contribution is 6.33. The lowest BCUT2D eigenvalue weighted by Gasteiger charge is -2.08. The normalized spacial score (nSPS) is 19.7. The van der Waals surface area contributed by atoms with E-state index in [1.165, 1.54) is 4.90 Å². The van der Waals surface area contributed by atoms with Gasteiger partial charge >= 0.3 is 0 Å². The van der Waals surface area contributed by atoms with Crippen LogP contribution in [0.5, 0.6) is 0 Å². The Bertz CT molecular complexity index is 417. The fourth-order valence-corrected chi connectivity index (χ4v) is 1.99. The highest BCUT2D eigenvalue weighted by Gasteiger charge is 2.36. The zero-order valence-electron chi connectivity index (χ0n) is 7.53. The number of hydrogen-bond donors (Lipinski definition) is 0. The van der Waals surface area contributed by atoms with Gasteiger partial charge < -0.3 is 9.69 Å². The molecule has 0 N–H and O–H groups in total. The van der Waals surface area contributed by atoms with Gasteiger partial charge in [-0.3, -0.25) is 4.79 Å². The Balaban J connectivity index is 2.67. The molecule has 0 spiro atoms. The lowest BCUT2D eigenvalue weighted by Crippen LogP contribution is -2.24. The number of likely N-dealkylation sites (N-methyl/N-ethyl adjacent to an activating group) is 1. The van der Waals surface area contributed by atoms with E-state index >= 15 is 0 Å². The summed E-state index contributed by atoms with van der Waals surface area (Å²) in [6.07, 6.45) is 0.635. The number of nitrogens with zero attached hydrogens (tertiary/aromatic N) is 1. The van der Waals surface area contributed by atoms with E-state index in [9.17, 15) is 9.59 Å². The molecule has 1 aliphatic rings. The third-order valence-electron chi connectivity index (χ3n) is 2.43. The fraction of sp³-hybridized carbons (Fsp3) is 0.200. The summed E-state index contributed by atoms with van der Waals surface area (Å²) in [5.41, 5.74) is 1.34. The van der Waals surface area contributed by atoms with E-state index in [-0.39, 0.29) is 5.91 Å². The molecule has 1 aromatic rings. The van der Waals surface area contributed by atoms with Gasteiger partial charge in [0.2, 0.25) is 5.91 Å². The van der Waals surface area contributed by atoms with Crippen LogP contribution in [0.4, 0.5) is 5.69 Å². The van der Waals surface area contributed by atoms with Crippen molar-refractivity contribution in [3.8, 4) is 0 Å². The largest absolute Gasteiger partial charge is 0.314 e. The van der Waals surface area contributed by atoms with Crippen molar-refractivity contribution in [3.63, 3.8) is 0 Å². The van der Waals surface area contributed by atoms with Gasteiger partial charge in [0.25, 0.3) is 0 Å². The molecule has 72 valence electrons. The fourth-order valence-electron chi connectivity index (χ4n) is 1.70. The lowest BCUT2D eigenvalue weighted by molar-refractivity contribution is -0.122. The molecule has 0 fully saturated rings. The molecule has 14 heavy (non-hydrogen) atoms. The maximum absolute atomic E-state index is 11.6. The van der Waals surface area contributed by atoms with Crippen molar-refractivity contribution in [1.82, 2.24) is 0 Å². The Morgan fingerprint density at radius 1 is 1.50 bits per heavy atom. The number of halogens is 1. The third-order valence-corrected chi connectivity index (χ3v) is 2.76. The van der Waals surface area contributed by atoms with Gasteiger partial charge in [-0.15, -0.1) is 0 Å². The monoisotopic (exact) mass is 209 g/mol. The first-order chi connectivity index (χ1) is 6.66. The second-order valence-corrected chi connectivity index (χ2v) is 3.59. The number of benzene rings is 1. The Labute approximate surface area is 86.3 Å². The number of fused-ring (bicyclic) bond motifs is 1. The highest BCUT2D eigenvalue weighted by atomic mass is 35.5. The molecule has 0 radical (unpaired) electrons. The molecule has 0 aromatic heterocycles. The summed E-state index contributed by atoms with van der Waals surface area (Å²) >= 11 is 5.94. The van der Waals surface area contributed by atoms with E-state index in [1.54, 1.807) is 25.2 Å². The summed E-state index contributed by atoms with van der Waals surface area (Å²) in [6.45, 7) is 0. The van der Waals surface area contributed by atoms with E-state index < -0.39 is 5.92 Å². The molecule has 0 saturated carbocycles. The number of aldehydes is 1. The van der Waals surface area contributed by atoms with Gasteiger partial charge in [-0.2, -0.15) is 0 Å². The molecule has 1 aromatic carbocycles. The Kier molecular flexibility index (Phi) is 2.04. The van der Waals surface area contributed by atoms with Gasteiger partial charge in [-0.05, 0) is 12.1 Å². The summed E-state index contributed by atoms with van der Waals surface area (Å²) in [4.78, 5) is 23.8. The minimum Gasteiger partial charge on any atom is -0.314 e. The van der Waals surface area contributed by atoms with Crippen LogP contribution in [0.15, 0.2) is 18.2 Å². The second kappa shape index (κ2) is 3.10. The van der Waals surface area contributed by atoms with Crippen LogP contribution in [0.1, 0.15) is 11.5 Å². The molecule has 2 rings (SSSR count). The number of amides is 1. The van der Waals surface area contributed by atoms with Crippen LogP contribution in [0.2, 0.25) is 5.02 Å². The summed E-state index contributed by atoms with van der Waals surface area (Å²) in [6, 6.07) is 5.23. The maximum atomic E-state index is 11.6. The first kappa shape index (κ1) is 9.21. The summed E-state index contributed by atoms with van der Waals surface area (Å²) in [5, 5.41) is 0.470. The van der Waals surface area contributed by atoms with Crippen LogP contribution in [0, 0.1) is 0 Å². The van der Waals surface area contributed by atoms with E-state index in [2.05, 4.69) is 0 Å². The van der Waals surface area contributed by atoms with Crippen LogP contribution in [-0.4, -0.2) is 19.2 Å². The molecular formula is C10H8ClNO2. The number of anilines is 1. The minimum absolute atomic E-state index is 0.219. The van der Waals surface area contributed by atoms with Crippen molar-refractivity contribution in [2.45, 2.75) is 5.92 Å². The van der Waals surface area contributed by atoms with Gasteiger partial charge in [0.1, 0.15) is 12.2 Å². The average molecular weight is 210 g/mol. The molecule has 0 saturated heterocycles. The van der Waals surface area contributed by atoms with E-state index in [0.717, 1.165) is 5.69 Å². The SMILES string of the molecule is CN1C(=O)C(C=O)c2c(Cl)cccc21. The second-order valence-electron chi connectivity index (χ2n) is 3.18. The summed E-state index contributed by atoms with van der Waals surface area (Å²) in [5.74, 6) is -0.952. The van der Waals surface area contributed by atoms with Crippen molar-refractivity contribution < 1.29 is 9.59 Å². The Morgan fingerprint density at radius 2 is 2.21 bits per heavy atom. The van der Waals surface area contributed by atoms with Crippen LogP contribution in [0.25, 0.3) is 0 Å². The van der Waals surface area contributed by atoms with E-state index in [0.29, 0.717) is 16.9 Å². The third kappa shape index (κ3) is 1.06. The predicted molar refractivity (Wildman–Crippen MR) is 53.7 cm³/mol. The van der Waals surface area contributed by atoms with Gasteiger partial charge in [-0.25, -0.2) is 0 Å². The van der Waals surface area contributed by atoms with Gasteiger partial charge in [0.05, 0.1) is 0 Å². The topological polar surface area (TPSA) is 37.4 Å². The zero-order chi connectivity index (χ0) is 10.3. The van der Waals surface area contributed by atoms with E-state index in [1.807, 2.05) is 0 Å². The summed E-state index contributed by atoms with van der Waals surface area (Å²) < 4.78 is 0. The number of rotatable bonds is 1. The number of carbonyl (C=O) groups excluding carboxylic acids is 2. The molecule has 1 amide bonds. The first-order valence-electron chi connectivity index (χ1n) is 4.18. The van der Waals surface area contributed by atoms with Gasteiger partial charge in [0, 0.05) is 23.3 Å². The molecule has 4 heteroatoms. The molecule has 0 bridgehead atoms. The highest BCUT2D eigenvalue weighted by Crippen LogP contribution is 2.39. The molecule has 3 nitrogen and oxygen atoms in total. The van der Waals surface area contributed by atoms with Crippen LogP contribution in [0.3, 0.4) is 0 Å². The van der Waals surface area contributed by atoms with Gasteiger partial charge in [0.15, 0.2) is 0 Å². The molecule has 1 aliphatic heterocycles. The molecule has 1 atom stereocenters. The Morgan fingerprint density at radius 3 is 2.86 bits per heavy atom. The van der Waals surface area contributed by atoms with Crippen molar-refractivity contribution in [2.75, 3.05) is 11.9 Å². The van der Waals surface area contributed by atoms with Crippen LogP contribution in [-0.2, 0) is 9.59 Å². The quantitative estimate of drug-likeness (QED) is 0.521. The van der Waals surface area contributed by atoms with Crippen molar-refractivity contribution in [3.05, 3.63) is 28.8 Å². The van der Waals surface area contributed by atoms with E-state index in [4.69, 9.17) is 11.6 Å². The van der Waals surface area contributed by atoms with Crippen molar-refractivity contribution >= 4 is 29.5 Å². The summed E-state index contributed by atoms with van der Waals surface area (Å²) in [7, 11) is 1.64. The van der Waals surface area contributed by atoms with Gasteiger partial charge in [-0.1, -0.05) is 17.7 Å². The molecular weight excluding hydrogens is 202 g/mol. The Hall–Kier alpha value is -1.35.